The van der Waals surface area contributed by atoms with Crippen molar-refractivity contribution in [3.63, 3.8) is 0 Å². The summed E-state index contributed by atoms with van der Waals surface area (Å²) in [6.07, 6.45) is 5.81. The van der Waals surface area contributed by atoms with Crippen LogP contribution in [-0.2, 0) is 38.0 Å². The highest BCUT2D eigenvalue weighted by atomic mass is 16.7. The van der Waals surface area contributed by atoms with Crippen LogP contribution < -0.4 is 0 Å². The second kappa shape index (κ2) is 13.6. The average Bonchev–Trinajstić information content (AvgIpc) is 3.45. The van der Waals surface area contributed by atoms with E-state index in [1.165, 1.54) is 0 Å². The smallest absolute Gasteiger partial charge is 0.305 e. The summed E-state index contributed by atoms with van der Waals surface area (Å²) < 4.78 is 44.1. The summed E-state index contributed by atoms with van der Waals surface area (Å²) in [7, 11) is 0. The number of aliphatic hydroxyl groups is 2. The quantitative estimate of drug-likeness (QED) is 0.212. The van der Waals surface area contributed by atoms with E-state index in [0.29, 0.717) is 51.6 Å². The minimum absolute atomic E-state index is 0.0171. The van der Waals surface area contributed by atoms with Gasteiger partial charge in [0, 0.05) is 25.7 Å². The molecule has 6 rings (SSSR count). The number of rotatable bonds is 12. The molecular formula is C34H52O11. The van der Waals surface area contributed by atoms with Gasteiger partial charge in [0.1, 0.15) is 12.2 Å². The summed E-state index contributed by atoms with van der Waals surface area (Å²) in [6.45, 7) is 12.2. The highest BCUT2D eigenvalue weighted by Gasteiger charge is 2.59. The molecule has 0 spiro atoms. The first-order valence-corrected chi connectivity index (χ1v) is 17.0. The van der Waals surface area contributed by atoms with Crippen LogP contribution in [-0.4, -0.2) is 107 Å². The molecule has 0 radical (unpaired) electrons. The molecule has 6 saturated heterocycles. The first-order valence-electron chi connectivity index (χ1n) is 17.0. The van der Waals surface area contributed by atoms with E-state index in [4.69, 9.17) is 33.2 Å². The van der Waals surface area contributed by atoms with Crippen LogP contribution in [0.15, 0.2) is 24.3 Å². The van der Waals surface area contributed by atoms with Crippen molar-refractivity contribution in [2.24, 2.45) is 0 Å². The van der Waals surface area contributed by atoms with Gasteiger partial charge in [-0.2, -0.15) is 0 Å². The number of carboxylic acids is 1. The molecule has 45 heavy (non-hydrogen) atoms. The molecule has 0 aromatic heterocycles. The lowest BCUT2D eigenvalue weighted by molar-refractivity contribution is -0.277. The highest BCUT2D eigenvalue weighted by Crippen LogP contribution is 2.48. The molecule has 0 saturated carbocycles. The van der Waals surface area contributed by atoms with Crippen molar-refractivity contribution in [1.29, 1.82) is 0 Å². The molecule has 0 aromatic rings. The summed E-state index contributed by atoms with van der Waals surface area (Å²) >= 11 is 0. The monoisotopic (exact) mass is 636 g/mol. The van der Waals surface area contributed by atoms with Gasteiger partial charge in [-0.3, -0.25) is 4.79 Å². The van der Waals surface area contributed by atoms with Gasteiger partial charge in [0.2, 0.25) is 0 Å². The van der Waals surface area contributed by atoms with E-state index in [0.717, 1.165) is 43.3 Å². The minimum atomic E-state index is -1.16. The second-order valence-electron chi connectivity index (χ2n) is 14.5. The third kappa shape index (κ3) is 8.01. The lowest BCUT2D eigenvalue weighted by Gasteiger charge is -2.47. The largest absolute Gasteiger partial charge is 0.481 e. The van der Waals surface area contributed by atoms with Crippen molar-refractivity contribution in [2.45, 2.75) is 176 Å². The molecular weight excluding hydrogens is 584 g/mol. The van der Waals surface area contributed by atoms with E-state index in [2.05, 4.69) is 13.2 Å². The molecule has 10 unspecified atom stereocenters. The summed E-state index contributed by atoms with van der Waals surface area (Å²) in [6, 6.07) is 0. The van der Waals surface area contributed by atoms with Crippen LogP contribution in [0, 0.1) is 0 Å². The fourth-order valence-electron chi connectivity index (χ4n) is 8.15. The zero-order valence-corrected chi connectivity index (χ0v) is 26.8. The molecule has 4 bridgehead atoms. The normalized spacial score (nSPS) is 43.2. The van der Waals surface area contributed by atoms with Crippen molar-refractivity contribution >= 4 is 5.97 Å². The lowest BCUT2D eigenvalue weighted by Crippen LogP contribution is -2.58. The van der Waals surface area contributed by atoms with Gasteiger partial charge in [0.25, 0.3) is 0 Å². The number of carbonyl (C=O) groups is 1. The number of ether oxygens (including phenoxy) is 7. The van der Waals surface area contributed by atoms with E-state index in [9.17, 15) is 20.1 Å². The summed E-state index contributed by atoms with van der Waals surface area (Å²) in [5.74, 6) is -2.99. The van der Waals surface area contributed by atoms with Crippen LogP contribution in [0.3, 0.4) is 0 Å². The van der Waals surface area contributed by atoms with Gasteiger partial charge < -0.3 is 48.5 Å². The van der Waals surface area contributed by atoms with Crippen molar-refractivity contribution in [1.82, 2.24) is 0 Å². The Morgan fingerprint density at radius 2 is 1.67 bits per heavy atom. The average molecular weight is 637 g/mol. The van der Waals surface area contributed by atoms with Crippen molar-refractivity contribution in [3.8, 4) is 0 Å². The molecule has 12 atom stereocenters. The Bertz CT molecular complexity index is 1090. The third-order valence-electron chi connectivity index (χ3n) is 10.4. The number of aliphatic hydroxyl groups excluding tert-OH is 1. The third-order valence-corrected chi connectivity index (χ3v) is 10.4. The molecule has 0 aromatic carbocycles. The Hall–Kier alpha value is -1.41. The van der Waals surface area contributed by atoms with Gasteiger partial charge in [0.05, 0.1) is 68.0 Å². The van der Waals surface area contributed by atoms with Crippen LogP contribution in [0.2, 0.25) is 0 Å². The molecule has 6 fully saturated rings. The predicted molar refractivity (Wildman–Crippen MR) is 161 cm³/mol. The van der Waals surface area contributed by atoms with Crippen molar-refractivity contribution in [3.05, 3.63) is 24.3 Å². The molecule has 11 nitrogen and oxygen atoms in total. The second-order valence-corrected chi connectivity index (χ2v) is 14.5. The van der Waals surface area contributed by atoms with E-state index in [1.54, 1.807) is 13.8 Å². The number of aliphatic carboxylic acids is 1. The van der Waals surface area contributed by atoms with Gasteiger partial charge in [-0.15, -0.1) is 0 Å². The number of hydrogen-bond acceptors (Lipinski definition) is 10. The fraction of sp³-hybridized carbons (Fsp3) is 0.853. The maximum absolute atomic E-state index is 11.3. The zero-order valence-electron chi connectivity index (χ0n) is 26.8. The first-order chi connectivity index (χ1) is 21.4. The topological polar surface area (TPSA) is 142 Å². The molecule has 6 aliphatic rings. The molecule has 6 heterocycles. The number of carboxylic acid groups (broad SMARTS) is 1. The van der Waals surface area contributed by atoms with E-state index in [1.807, 2.05) is 0 Å². The van der Waals surface area contributed by atoms with Crippen molar-refractivity contribution < 1.29 is 53.3 Å². The Labute approximate surface area is 266 Å². The minimum Gasteiger partial charge on any atom is -0.481 e. The first kappa shape index (κ1) is 33.5. The van der Waals surface area contributed by atoms with Gasteiger partial charge >= 0.3 is 5.97 Å². The zero-order chi connectivity index (χ0) is 31.9. The highest BCUT2D eigenvalue weighted by molar-refractivity contribution is 5.67. The number of fused-ring (bicyclic) bond motifs is 7. The number of hydrogen-bond donors (Lipinski definition) is 3. The van der Waals surface area contributed by atoms with E-state index < -0.39 is 29.8 Å². The maximum Gasteiger partial charge on any atom is 0.305 e. The van der Waals surface area contributed by atoms with Crippen LogP contribution in [0.5, 0.6) is 0 Å². The van der Waals surface area contributed by atoms with Gasteiger partial charge in [-0.1, -0.05) is 13.2 Å². The van der Waals surface area contributed by atoms with Crippen LogP contribution in [0.1, 0.15) is 97.3 Å². The Kier molecular flexibility index (Phi) is 10.1. The fourth-order valence-corrected chi connectivity index (χ4v) is 8.15. The SMILES string of the molecule is C=C1CC(CCC23CC(O)C(O2)C2CC(O3)C3O[C@@H](CC(=O)O)CCC3O2)OC1CCC1CCC(=C)[C@@H](CCOC(C)(C)O)O1. The van der Waals surface area contributed by atoms with E-state index in [-0.39, 0.29) is 61.4 Å². The molecule has 3 N–H and O–H groups in total. The maximum atomic E-state index is 11.3. The van der Waals surface area contributed by atoms with Crippen molar-refractivity contribution in [2.75, 3.05) is 6.61 Å². The molecule has 0 amide bonds. The molecule has 6 aliphatic heterocycles. The van der Waals surface area contributed by atoms with Crippen LogP contribution in [0.4, 0.5) is 0 Å². The molecule has 11 heteroatoms. The Balaban J connectivity index is 0.999. The van der Waals surface area contributed by atoms with Gasteiger partial charge in [-0.05, 0) is 76.4 Å². The lowest BCUT2D eigenvalue weighted by atomic mass is 9.86. The molecule has 254 valence electrons. The van der Waals surface area contributed by atoms with Gasteiger partial charge in [-0.25, -0.2) is 0 Å². The van der Waals surface area contributed by atoms with Crippen LogP contribution >= 0.6 is 0 Å². The summed E-state index contributed by atoms with van der Waals surface area (Å²) in [5, 5.41) is 30.1. The Morgan fingerprint density at radius 3 is 2.44 bits per heavy atom. The van der Waals surface area contributed by atoms with Crippen LogP contribution in [0.25, 0.3) is 0 Å². The molecule has 0 aliphatic carbocycles. The predicted octanol–water partition coefficient (Wildman–Crippen LogP) is 3.92. The van der Waals surface area contributed by atoms with E-state index >= 15 is 0 Å². The standard InChI is InChI=1S/C34H52O11/c1-19-5-6-21(40-26(19)12-14-39-33(3,4)38)7-9-25-20(2)15-23(41-25)11-13-34-18-24(35)31(45-34)28-17-29(44-34)32-27(43-28)10-8-22(42-32)16-30(36)37/h21-29,31-32,35,38H,1-2,5-18H2,3-4H3,(H,36,37)/t21?,22-,23?,24?,25?,26-,27?,28?,29?,31?,32?,34?/m1/s1. The summed E-state index contributed by atoms with van der Waals surface area (Å²) in [5.41, 5.74) is 2.17. The Morgan fingerprint density at radius 1 is 0.889 bits per heavy atom. The van der Waals surface area contributed by atoms with Gasteiger partial charge in [0.15, 0.2) is 11.6 Å². The summed E-state index contributed by atoms with van der Waals surface area (Å²) in [4.78, 5) is 11.3.